The Morgan fingerprint density at radius 1 is 1.18 bits per heavy atom. The first-order chi connectivity index (χ1) is 5.18. The van der Waals surface area contributed by atoms with Crippen LogP contribution in [0, 0.1) is 0 Å². The topological polar surface area (TPSA) is 29.5 Å². The van der Waals surface area contributed by atoms with Gasteiger partial charge in [0.2, 0.25) is 0 Å². The molecule has 1 fully saturated rings. The zero-order chi connectivity index (χ0) is 8.27. The summed E-state index contributed by atoms with van der Waals surface area (Å²) in [5.41, 5.74) is 0. The Balaban J connectivity index is 2.17. The molecule has 0 aromatic rings. The molecular weight excluding hydrogens is 154 g/mol. The summed E-state index contributed by atoms with van der Waals surface area (Å²) in [7, 11) is 0. The van der Waals surface area contributed by atoms with Crippen LogP contribution in [0.3, 0.4) is 0 Å². The second-order valence-corrected chi connectivity index (χ2v) is 2.83. The molecule has 2 nitrogen and oxygen atoms in total. The van der Waals surface area contributed by atoms with Crippen molar-refractivity contribution in [3.8, 4) is 0 Å². The maximum absolute atomic E-state index is 11.6. The first-order valence-corrected chi connectivity index (χ1v) is 3.80. The van der Waals surface area contributed by atoms with Gasteiger partial charge in [0, 0.05) is 0 Å². The van der Waals surface area contributed by atoms with E-state index in [1.54, 1.807) is 0 Å². The molecule has 0 unspecified atom stereocenters. The van der Waals surface area contributed by atoms with Gasteiger partial charge in [-0.1, -0.05) is 0 Å². The third-order valence-corrected chi connectivity index (χ3v) is 1.94. The van der Waals surface area contributed by atoms with E-state index in [1.165, 1.54) is 0 Å². The lowest BCUT2D eigenvalue weighted by molar-refractivity contribution is -0.173. The van der Waals surface area contributed by atoms with Crippen LogP contribution in [0.4, 0.5) is 8.78 Å². The van der Waals surface area contributed by atoms with Crippen molar-refractivity contribution in [3.05, 3.63) is 0 Å². The van der Waals surface area contributed by atoms with Gasteiger partial charge in [0.25, 0.3) is 0 Å². The molecule has 0 atom stereocenters. The van der Waals surface area contributed by atoms with Crippen molar-refractivity contribution in [2.24, 2.45) is 0 Å². The maximum Gasteiger partial charge on any atom is 0.345 e. The fraction of sp³-hybridized carbons (Fsp3) is 1.00. The van der Waals surface area contributed by atoms with Crippen molar-refractivity contribution in [2.45, 2.75) is 44.5 Å². The Morgan fingerprint density at radius 2 is 1.73 bits per heavy atom. The number of hydrogen-bond donors (Lipinski definition) is 1. The van der Waals surface area contributed by atoms with Crippen LogP contribution in [0.15, 0.2) is 0 Å². The molecule has 0 radical (unpaired) electrons. The predicted octanol–water partition coefficient (Wildman–Crippen LogP) is 1.53. The van der Waals surface area contributed by atoms with Gasteiger partial charge in [0.15, 0.2) is 0 Å². The van der Waals surface area contributed by atoms with E-state index in [1.807, 2.05) is 0 Å². The lowest BCUT2D eigenvalue weighted by Crippen LogP contribution is -2.25. The molecule has 0 saturated heterocycles. The molecule has 66 valence electrons. The van der Waals surface area contributed by atoms with Crippen molar-refractivity contribution in [1.82, 2.24) is 0 Å². The van der Waals surface area contributed by atoms with Gasteiger partial charge in [-0.25, -0.2) is 0 Å². The van der Waals surface area contributed by atoms with Crippen LogP contribution >= 0.6 is 0 Å². The maximum atomic E-state index is 11.6. The van der Waals surface area contributed by atoms with Gasteiger partial charge in [-0.2, -0.15) is 8.78 Å². The molecule has 0 amide bonds. The fourth-order valence-electron chi connectivity index (χ4n) is 1.33. The van der Waals surface area contributed by atoms with Crippen LogP contribution in [-0.2, 0) is 4.74 Å². The number of ether oxygens (including phenoxy) is 1. The highest BCUT2D eigenvalue weighted by molar-refractivity contribution is 4.71. The SMILES string of the molecule is OC1CCC(OC(F)F)CC1. The van der Waals surface area contributed by atoms with E-state index in [9.17, 15) is 8.78 Å². The lowest BCUT2D eigenvalue weighted by atomic mass is 9.95. The molecule has 0 aliphatic heterocycles. The average Bonchev–Trinajstić information content (AvgIpc) is 1.93. The normalized spacial score (nSPS) is 32.7. The van der Waals surface area contributed by atoms with Gasteiger partial charge in [-0.05, 0) is 25.7 Å². The van der Waals surface area contributed by atoms with Crippen LogP contribution in [0.1, 0.15) is 25.7 Å². The Morgan fingerprint density at radius 3 is 2.18 bits per heavy atom. The molecule has 4 heteroatoms. The summed E-state index contributed by atoms with van der Waals surface area (Å²) >= 11 is 0. The standard InChI is InChI=1S/C7H12F2O2/c8-7(9)11-6-3-1-5(10)2-4-6/h5-7,10H,1-4H2. The molecule has 11 heavy (non-hydrogen) atoms. The summed E-state index contributed by atoms with van der Waals surface area (Å²) in [4.78, 5) is 0. The number of hydrogen-bond acceptors (Lipinski definition) is 2. The number of halogens is 2. The van der Waals surface area contributed by atoms with Crippen LogP contribution in [0.2, 0.25) is 0 Å². The van der Waals surface area contributed by atoms with Crippen LogP contribution in [-0.4, -0.2) is 23.9 Å². The molecule has 1 aliphatic carbocycles. The van der Waals surface area contributed by atoms with Crippen molar-refractivity contribution in [2.75, 3.05) is 0 Å². The minimum absolute atomic E-state index is 0.312. The number of aliphatic hydroxyl groups is 1. The minimum Gasteiger partial charge on any atom is -0.393 e. The quantitative estimate of drug-likeness (QED) is 0.674. The van der Waals surface area contributed by atoms with Gasteiger partial charge < -0.3 is 9.84 Å². The van der Waals surface area contributed by atoms with Crippen LogP contribution < -0.4 is 0 Å². The molecule has 1 N–H and O–H groups in total. The lowest BCUT2D eigenvalue weighted by Gasteiger charge is -2.24. The van der Waals surface area contributed by atoms with Gasteiger partial charge in [0.1, 0.15) is 0 Å². The summed E-state index contributed by atoms with van der Waals surface area (Å²) in [5, 5.41) is 9.02. The highest BCUT2D eigenvalue weighted by Crippen LogP contribution is 2.22. The van der Waals surface area contributed by atoms with E-state index in [0.717, 1.165) is 0 Å². The van der Waals surface area contributed by atoms with Crippen LogP contribution in [0.5, 0.6) is 0 Å². The summed E-state index contributed by atoms with van der Waals surface area (Å²) < 4.78 is 27.6. The van der Waals surface area contributed by atoms with Crippen molar-refractivity contribution in [3.63, 3.8) is 0 Å². The first kappa shape index (κ1) is 8.87. The molecule has 0 aromatic carbocycles. The molecule has 1 aliphatic rings. The second-order valence-electron chi connectivity index (χ2n) is 2.83. The van der Waals surface area contributed by atoms with Gasteiger partial charge in [-0.3, -0.25) is 0 Å². The predicted molar refractivity (Wildman–Crippen MR) is 35.4 cm³/mol. The first-order valence-electron chi connectivity index (χ1n) is 3.80. The highest BCUT2D eigenvalue weighted by atomic mass is 19.3. The van der Waals surface area contributed by atoms with Gasteiger partial charge >= 0.3 is 6.61 Å². The van der Waals surface area contributed by atoms with Crippen molar-refractivity contribution >= 4 is 0 Å². The smallest absolute Gasteiger partial charge is 0.345 e. The van der Waals surface area contributed by atoms with E-state index < -0.39 is 6.61 Å². The van der Waals surface area contributed by atoms with Crippen molar-refractivity contribution in [1.29, 1.82) is 0 Å². The number of rotatable bonds is 2. The van der Waals surface area contributed by atoms with E-state index in [2.05, 4.69) is 4.74 Å². The van der Waals surface area contributed by atoms with Crippen molar-refractivity contribution < 1.29 is 18.6 Å². The second kappa shape index (κ2) is 3.97. The van der Waals surface area contributed by atoms with E-state index >= 15 is 0 Å². The molecule has 1 saturated carbocycles. The molecule has 0 heterocycles. The summed E-state index contributed by atoms with van der Waals surface area (Å²) in [6.07, 6.45) is 1.59. The average molecular weight is 166 g/mol. The minimum atomic E-state index is -2.67. The van der Waals surface area contributed by atoms with E-state index in [-0.39, 0.29) is 12.2 Å². The Bertz CT molecular complexity index is 111. The number of alkyl halides is 2. The fourth-order valence-corrected chi connectivity index (χ4v) is 1.33. The molecule has 0 spiro atoms. The van der Waals surface area contributed by atoms with E-state index in [4.69, 9.17) is 5.11 Å². The highest BCUT2D eigenvalue weighted by Gasteiger charge is 2.22. The Labute approximate surface area is 64.2 Å². The monoisotopic (exact) mass is 166 g/mol. The summed E-state index contributed by atoms with van der Waals surface area (Å²) in [5.74, 6) is 0. The number of aliphatic hydroxyl groups excluding tert-OH is 1. The molecule has 0 aromatic heterocycles. The molecule has 0 bridgehead atoms. The summed E-state index contributed by atoms with van der Waals surface area (Å²) in [6, 6.07) is 0. The van der Waals surface area contributed by atoms with Crippen LogP contribution in [0.25, 0.3) is 0 Å². The van der Waals surface area contributed by atoms with E-state index in [0.29, 0.717) is 25.7 Å². The zero-order valence-corrected chi connectivity index (χ0v) is 6.17. The largest absolute Gasteiger partial charge is 0.393 e. The Hall–Kier alpha value is -0.220. The summed E-state index contributed by atoms with van der Waals surface area (Å²) in [6.45, 7) is -2.67. The van der Waals surface area contributed by atoms with Gasteiger partial charge in [0.05, 0.1) is 12.2 Å². The third kappa shape index (κ3) is 3.12. The van der Waals surface area contributed by atoms with Gasteiger partial charge in [-0.15, -0.1) is 0 Å². The molecule has 1 rings (SSSR count). The zero-order valence-electron chi connectivity index (χ0n) is 6.17. The Kier molecular flexibility index (Phi) is 3.20. The third-order valence-electron chi connectivity index (χ3n) is 1.94. The molecular formula is C7H12F2O2.